The van der Waals surface area contributed by atoms with Crippen LogP contribution in [0.4, 0.5) is 0 Å². The quantitative estimate of drug-likeness (QED) is 0.385. The minimum absolute atomic E-state index is 0.0120. The Morgan fingerprint density at radius 2 is 1.79 bits per heavy atom. The molecule has 8 nitrogen and oxygen atoms in total. The van der Waals surface area contributed by atoms with Gasteiger partial charge in [0.1, 0.15) is 0 Å². The van der Waals surface area contributed by atoms with E-state index in [0.717, 1.165) is 57.4 Å². The molecule has 1 aliphatic heterocycles. The van der Waals surface area contributed by atoms with E-state index in [1.165, 1.54) is 0 Å². The van der Waals surface area contributed by atoms with E-state index in [-0.39, 0.29) is 11.7 Å². The van der Waals surface area contributed by atoms with E-state index in [4.69, 9.17) is 0 Å². The number of aromatic nitrogens is 6. The average molecular weight is 458 g/mol. The van der Waals surface area contributed by atoms with Crippen LogP contribution < -0.4 is 5.69 Å². The summed E-state index contributed by atoms with van der Waals surface area (Å²) in [6.07, 6.45) is 9.53. The minimum Gasteiger partial charge on any atom is -0.293 e. The molecule has 0 spiro atoms. The monoisotopic (exact) mass is 457 g/mol. The van der Waals surface area contributed by atoms with E-state index in [1.54, 1.807) is 21.2 Å². The van der Waals surface area contributed by atoms with Crippen molar-refractivity contribution in [3.8, 4) is 22.4 Å². The highest BCUT2D eigenvalue weighted by molar-refractivity contribution is 7.96. The highest BCUT2D eigenvalue weighted by Gasteiger charge is 2.31. The van der Waals surface area contributed by atoms with Crippen molar-refractivity contribution in [2.24, 2.45) is 14.1 Å². The molecule has 1 aromatic carbocycles. The van der Waals surface area contributed by atoms with Gasteiger partial charge in [-0.2, -0.15) is 5.10 Å². The molecule has 0 bridgehead atoms. The molecule has 5 aromatic rings. The molecule has 33 heavy (non-hydrogen) atoms. The van der Waals surface area contributed by atoms with Gasteiger partial charge in [-0.15, -0.1) is 0 Å². The highest BCUT2D eigenvalue weighted by Crippen LogP contribution is 2.33. The van der Waals surface area contributed by atoms with Crippen molar-refractivity contribution in [1.82, 2.24) is 33.2 Å². The molecule has 9 heteroatoms. The summed E-state index contributed by atoms with van der Waals surface area (Å²) >= 11 is 1.72. The van der Waals surface area contributed by atoms with Crippen LogP contribution in [-0.4, -0.2) is 52.5 Å². The largest absolute Gasteiger partial charge is 0.329 e. The lowest BCUT2D eigenvalue weighted by Gasteiger charge is -2.37. The van der Waals surface area contributed by atoms with Crippen molar-refractivity contribution in [3.05, 3.63) is 65.6 Å². The van der Waals surface area contributed by atoms with E-state index in [9.17, 15) is 4.79 Å². The predicted octanol–water partition coefficient (Wildman–Crippen LogP) is 3.49. The second kappa shape index (κ2) is 7.57. The molecular weight excluding hydrogens is 434 g/mol. The molecule has 0 unspecified atom stereocenters. The maximum Gasteiger partial charge on any atom is 0.329 e. The number of nitrogens with zero attached hydrogens (tertiary/aromatic N) is 7. The van der Waals surface area contributed by atoms with Gasteiger partial charge in [0.05, 0.1) is 40.7 Å². The average Bonchev–Trinajstić information content (AvgIpc) is 3.35. The maximum atomic E-state index is 13.1. The zero-order valence-corrected chi connectivity index (χ0v) is 19.5. The highest BCUT2D eigenvalue weighted by atomic mass is 32.2. The summed E-state index contributed by atoms with van der Waals surface area (Å²) in [4.78, 5) is 22.4. The zero-order chi connectivity index (χ0) is 22.7. The first-order valence-electron chi connectivity index (χ1n) is 10.8. The molecule has 0 amide bonds. The molecule has 6 rings (SSSR count). The van der Waals surface area contributed by atoms with Gasteiger partial charge in [0, 0.05) is 56.1 Å². The molecule has 5 heterocycles. The minimum atomic E-state index is 0.0120. The van der Waals surface area contributed by atoms with E-state index >= 15 is 0 Å². The van der Waals surface area contributed by atoms with Gasteiger partial charge in [-0.3, -0.25) is 23.8 Å². The normalized spacial score (nSPS) is 14.9. The van der Waals surface area contributed by atoms with Crippen LogP contribution in [0.15, 0.2) is 59.9 Å². The lowest BCUT2D eigenvalue weighted by Crippen LogP contribution is -2.46. The number of imidazole rings is 1. The predicted molar refractivity (Wildman–Crippen MR) is 132 cm³/mol. The molecule has 0 saturated carbocycles. The van der Waals surface area contributed by atoms with Crippen LogP contribution in [-0.2, 0) is 14.1 Å². The fraction of sp³-hybridized carbons (Fsp3) is 0.250. The standard InChI is InChI=1S/C24H23N7OS/c1-28-12-17(10-27-28)20-6-5-16(9-25-20)15-4-7-21-19(8-15)23-22(11-26-21)29(2)24(32)31(23)18-13-30(14-18)33-3/h4-12,18H,13-14H2,1-3H3. The van der Waals surface area contributed by atoms with Gasteiger partial charge in [0.2, 0.25) is 0 Å². The molecule has 1 aliphatic rings. The second-order valence-corrected chi connectivity index (χ2v) is 9.34. The van der Waals surface area contributed by atoms with E-state index in [2.05, 4.69) is 43.8 Å². The molecule has 0 N–H and O–H groups in total. The second-order valence-electron chi connectivity index (χ2n) is 8.45. The third kappa shape index (κ3) is 3.19. The van der Waals surface area contributed by atoms with Gasteiger partial charge in [-0.25, -0.2) is 9.10 Å². The zero-order valence-electron chi connectivity index (χ0n) is 18.6. The Morgan fingerprint density at radius 1 is 0.970 bits per heavy atom. The van der Waals surface area contributed by atoms with Crippen LogP contribution in [0.25, 0.3) is 44.3 Å². The summed E-state index contributed by atoms with van der Waals surface area (Å²) in [7, 11) is 3.72. The molecular formula is C24H23N7OS. The first kappa shape index (κ1) is 20.2. The molecule has 0 aliphatic carbocycles. The van der Waals surface area contributed by atoms with Crippen LogP contribution in [0.2, 0.25) is 0 Å². The third-order valence-electron chi connectivity index (χ3n) is 6.47. The van der Waals surface area contributed by atoms with Gasteiger partial charge in [0.15, 0.2) is 0 Å². The number of fused-ring (bicyclic) bond motifs is 3. The van der Waals surface area contributed by atoms with E-state index in [1.807, 2.05) is 55.6 Å². The molecule has 1 fully saturated rings. The van der Waals surface area contributed by atoms with E-state index in [0.29, 0.717) is 0 Å². The van der Waals surface area contributed by atoms with Crippen LogP contribution >= 0.6 is 11.9 Å². The smallest absolute Gasteiger partial charge is 0.293 e. The van der Waals surface area contributed by atoms with Gasteiger partial charge < -0.3 is 0 Å². The van der Waals surface area contributed by atoms with Gasteiger partial charge in [-0.1, -0.05) is 24.1 Å². The van der Waals surface area contributed by atoms with Crippen molar-refractivity contribution >= 4 is 33.9 Å². The summed E-state index contributed by atoms with van der Waals surface area (Å²) in [6.45, 7) is 1.73. The Hall–Kier alpha value is -3.43. The summed E-state index contributed by atoms with van der Waals surface area (Å²) in [5.74, 6) is 0. The first-order valence-corrected chi connectivity index (χ1v) is 12.0. The molecule has 0 radical (unpaired) electrons. The Morgan fingerprint density at radius 3 is 2.48 bits per heavy atom. The third-order valence-corrected chi connectivity index (χ3v) is 7.28. The summed E-state index contributed by atoms with van der Waals surface area (Å²) in [6, 6.07) is 10.5. The SMILES string of the molecule is CSN1CC(n2c(=O)n(C)c3cnc4ccc(-c5ccc(-c6cnn(C)c6)nc5)cc4c32)C1. The van der Waals surface area contributed by atoms with Crippen molar-refractivity contribution in [1.29, 1.82) is 0 Å². The van der Waals surface area contributed by atoms with Gasteiger partial charge in [-0.05, 0) is 30.0 Å². The van der Waals surface area contributed by atoms with E-state index < -0.39 is 0 Å². The number of rotatable bonds is 4. The number of hydrogen-bond acceptors (Lipinski definition) is 6. The Balaban J connectivity index is 1.48. The van der Waals surface area contributed by atoms with Crippen molar-refractivity contribution in [2.45, 2.75) is 6.04 Å². The van der Waals surface area contributed by atoms with Gasteiger partial charge >= 0.3 is 5.69 Å². The Kier molecular flexibility index (Phi) is 4.63. The molecule has 0 atom stereocenters. The van der Waals surface area contributed by atoms with Crippen molar-refractivity contribution in [2.75, 3.05) is 19.3 Å². The van der Waals surface area contributed by atoms with Crippen molar-refractivity contribution in [3.63, 3.8) is 0 Å². The number of pyridine rings is 2. The van der Waals surface area contributed by atoms with Crippen LogP contribution in [0.5, 0.6) is 0 Å². The number of aryl methyl sites for hydroxylation is 2. The van der Waals surface area contributed by atoms with Crippen molar-refractivity contribution < 1.29 is 0 Å². The molecule has 4 aromatic heterocycles. The Bertz CT molecular complexity index is 1560. The topological polar surface area (TPSA) is 73.8 Å². The summed E-state index contributed by atoms with van der Waals surface area (Å²) in [5, 5.41) is 5.21. The number of hydrogen-bond donors (Lipinski definition) is 0. The van der Waals surface area contributed by atoms with Crippen LogP contribution in [0.1, 0.15) is 6.04 Å². The maximum absolute atomic E-state index is 13.1. The fourth-order valence-corrected chi connectivity index (χ4v) is 5.21. The lowest BCUT2D eigenvalue weighted by atomic mass is 10.0. The van der Waals surface area contributed by atoms with Gasteiger partial charge in [0.25, 0.3) is 0 Å². The summed E-state index contributed by atoms with van der Waals surface area (Å²) < 4.78 is 7.70. The van der Waals surface area contributed by atoms with Crippen LogP contribution in [0, 0.1) is 0 Å². The summed E-state index contributed by atoms with van der Waals surface area (Å²) in [5.41, 5.74) is 6.65. The molecule has 1 saturated heterocycles. The number of benzene rings is 1. The molecule has 166 valence electrons. The Labute approximate surface area is 194 Å². The lowest BCUT2D eigenvalue weighted by molar-refractivity contribution is 0.223. The van der Waals surface area contributed by atoms with Crippen LogP contribution in [0.3, 0.4) is 0 Å². The first-order chi connectivity index (χ1) is 16.0. The fourth-order valence-electron chi connectivity index (χ4n) is 4.56.